The number of halogens is 1. The van der Waals surface area contributed by atoms with Crippen molar-refractivity contribution in [1.82, 2.24) is 10.2 Å². The van der Waals surface area contributed by atoms with Gasteiger partial charge < -0.3 is 15.0 Å². The van der Waals surface area contributed by atoms with Crippen molar-refractivity contribution in [2.45, 2.75) is 25.9 Å². The zero-order valence-electron chi connectivity index (χ0n) is 11.1. The van der Waals surface area contributed by atoms with E-state index in [9.17, 15) is 9.18 Å². The van der Waals surface area contributed by atoms with Crippen LogP contribution in [0.5, 0.6) is 5.75 Å². The van der Waals surface area contributed by atoms with Crippen LogP contribution in [-0.4, -0.2) is 36.7 Å². The first-order valence-electron chi connectivity index (χ1n) is 6.64. The minimum absolute atomic E-state index is 0. The molecule has 0 saturated carbocycles. The van der Waals surface area contributed by atoms with Crippen molar-refractivity contribution in [2.24, 2.45) is 0 Å². The van der Waals surface area contributed by atoms with Crippen molar-refractivity contribution >= 4 is 6.03 Å². The van der Waals surface area contributed by atoms with Gasteiger partial charge in [0.2, 0.25) is 0 Å². The van der Waals surface area contributed by atoms with Crippen LogP contribution in [0, 0.1) is 5.82 Å². The van der Waals surface area contributed by atoms with Crippen molar-refractivity contribution < 1.29 is 15.3 Å². The largest absolute Gasteiger partial charge is 0.490 e. The van der Waals surface area contributed by atoms with E-state index in [0.717, 1.165) is 12.8 Å². The summed E-state index contributed by atoms with van der Waals surface area (Å²) < 4.78 is 18.5. The van der Waals surface area contributed by atoms with Gasteiger partial charge in [-0.1, -0.05) is 0 Å². The van der Waals surface area contributed by atoms with Crippen LogP contribution in [0.1, 0.15) is 21.2 Å². The number of benzene rings is 1. The average molecular weight is 268 g/mol. The van der Waals surface area contributed by atoms with E-state index in [1.807, 2.05) is 6.92 Å². The molecule has 2 rings (SSSR count). The summed E-state index contributed by atoms with van der Waals surface area (Å²) in [4.78, 5) is 13.4. The molecular weight excluding hydrogens is 247 g/mol. The molecule has 2 amide bonds. The molecule has 1 saturated heterocycles. The second-order valence-electron chi connectivity index (χ2n) is 4.59. The maximum Gasteiger partial charge on any atom is 0.317 e. The van der Waals surface area contributed by atoms with E-state index < -0.39 is 0 Å². The molecule has 1 fully saturated rings. The normalized spacial score (nSPS) is 16.2. The van der Waals surface area contributed by atoms with Gasteiger partial charge in [0.25, 0.3) is 0 Å². The highest BCUT2D eigenvalue weighted by Gasteiger charge is 2.23. The summed E-state index contributed by atoms with van der Waals surface area (Å²) in [5.41, 5.74) is 0. The number of ether oxygens (including phenoxy) is 1. The number of amides is 2. The molecule has 0 aliphatic carbocycles. The number of piperidine rings is 1. The van der Waals surface area contributed by atoms with Crippen LogP contribution in [0.4, 0.5) is 9.18 Å². The van der Waals surface area contributed by atoms with Crippen molar-refractivity contribution in [3.8, 4) is 5.75 Å². The number of nitrogens with one attached hydrogen (secondary N) is 1. The van der Waals surface area contributed by atoms with Gasteiger partial charge in [-0.05, 0) is 31.2 Å². The summed E-state index contributed by atoms with van der Waals surface area (Å²) >= 11 is 0. The molecule has 106 valence electrons. The third-order valence-electron chi connectivity index (χ3n) is 3.17. The van der Waals surface area contributed by atoms with Crippen molar-refractivity contribution in [3.63, 3.8) is 0 Å². The fourth-order valence-corrected chi connectivity index (χ4v) is 2.15. The van der Waals surface area contributed by atoms with E-state index >= 15 is 0 Å². The van der Waals surface area contributed by atoms with Gasteiger partial charge in [0.1, 0.15) is 17.7 Å². The summed E-state index contributed by atoms with van der Waals surface area (Å²) in [6.45, 7) is 3.93. The molecule has 1 aliphatic heterocycles. The van der Waals surface area contributed by atoms with Crippen LogP contribution < -0.4 is 10.1 Å². The lowest BCUT2D eigenvalue weighted by molar-refractivity contribution is 0.111. The lowest BCUT2D eigenvalue weighted by Gasteiger charge is -2.32. The van der Waals surface area contributed by atoms with Crippen LogP contribution in [0.25, 0.3) is 0 Å². The predicted octanol–water partition coefficient (Wildman–Crippen LogP) is 2.64. The van der Waals surface area contributed by atoms with Crippen LogP contribution in [0.15, 0.2) is 24.3 Å². The van der Waals surface area contributed by atoms with Gasteiger partial charge in [0.05, 0.1) is 0 Å². The summed E-state index contributed by atoms with van der Waals surface area (Å²) in [5, 5.41) is 2.79. The summed E-state index contributed by atoms with van der Waals surface area (Å²) in [5.74, 6) is 0.413. The zero-order valence-corrected chi connectivity index (χ0v) is 11.1. The Balaban J connectivity index is 0.00000200. The van der Waals surface area contributed by atoms with Gasteiger partial charge in [0.15, 0.2) is 0 Å². The van der Waals surface area contributed by atoms with Gasteiger partial charge in [-0.15, -0.1) is 0 Å². The maximum absolute atomic E-state index is 12.8. The molecule has 1 aliphatic rings. The Morgan fingerprint density at radius 1 is 1.42 bits per heavy atom. The van der Waals surface area contributed by atoms with Crippen LogP contribution in [-0.2, 0) is 0 Å². The predicted molar refractivity (Wildman–Crippen MR) is 72.8 cm³/mol. The molecule has 0 spiro atoms. The Morgan fingerprint density at radius 2 is 2.05 bits per heavy atom. The highest BCUT2D eigenvalue weighted by atomic mass is 19.1. The molecule has 0 unspecified atom stereocenters. The fourth-order valence-electron chi connectivity index (χ4n) is 2.15. The van der Waals surface area contributed by atoms with Gasteiger partial charge >= 0.3 is 6.03 Å². The molecule has 1 aromatic carbocycles. The molecule has 0 bridgehead atoms. The third kappa shape index (κ3) is 3.84. The second kappa shape index (κ2) is 6.41. The van der Waals surface area contributed by atoms with E-state index in [-0.39, 0.29) is 19.4 Å². The highest BCUT2D eigenvalue weighted by Crippen LogP contribution is 2.19. The van der Waals surface area contributed by atoms with Crippen LogP contribution in [0.2, 0.25) is 0 Å². The SMILES string of the molecule is CCNC(=O)N1CCC(Oc2ccc(F)cc2)CC1.[HH]. The van der Waals surface area contributed by atoms with Crippen LogP contribution in [0.3, 0.4) is 0 Å². The van der Waals surface area contributed by atoms with E-state index in [4.69, 9.17) is 4.74 Å². The number of carbonyl (C=O) groups is 1. The highest BCUT2D eigenvalue weighted by molar-refractivity contribution is 5.74. The minimum atomic E-state index is -0.265. The van der Waals surface area contributed by atoms with E-state index in [1.165, 1.54) is 12.1 Å². The first-order valence-corrected chi connectivity index (χ1v) is 6.64. The van der Waals surface area contributed by atoms with Crippen LogP contribution >= 0.6 is 0 Å². The van der Waals surface area contributed by atoms with Gasteiger partial charge in [-0.25, -0.2) is 9.18 Å². The minimum Gasteiger partial charge on any atom is -0.490 e. The van der Waals surface area contributed by atoms with E-state index in [2.05, 4.69) is 5.32 Å². The quantitative estimate of drug-likeness (QED) is 0.915. The average Bonchev–Trinajstić information content (AvgIpc) is 2.42. The standard InChI is InChI=1S/C14H19FN2O2.H2/c1-2-16-14(18)17-9-7-13(8-10-17)19-12-5-3-11(15)4-6-12;/h3-6,13H,2,7-10H2,1H3,(H,16,18);1H. The molecule has 19 heavy (non-hydrogen) atoms. The lowest BCUT2D eigenvalue weighted by Crippen LogP contribution is -2.46. The van der Waals surface area contributed by atoms with Crippen molar-refractivity contribution in [3.05, 3.63) is 30.1 Å². The first kappa shape index (κ1) is 13.6. The molecular formula is C14H21FN2O2. The Morgan fingerprint density at radius 3 is 2.63 bits per heavy atom. The zero-order chi connectivity index (χ0) is 13.7. The van der Waals surface area contributed by atoms with E-state index in [1.54, 1.807) is 17.0 Å². The molecule has 0 radical (unpaired) electrons. The van der Waals surface area contributed by atoms with Crippen molar-refractivity contribution in [1.29, 1.82) is 0 Å². The third-order valence-corrected chi connectivity index (χ3v) is 3.17. The molecule has 5 heteroatoms. The molecule has 4 nitrogen and oxygen atoms in total. The topological polar surface area (TPSA) is 41.6 Å². The fraction of sp³-hybridized carbons (Fsp3) is 0.500. The molecule has 0 aromatic heterocycles. The Labute approximate surface area is 114 Å². The summed E-state index contributed by atoms with van der Waals surface area (Å²) in [6, 6.07) is 6.03. The smallest absolute Gasteiger partial charge is 0.317 e. The number of carbonyl (C=O) groups excluding carboxylic acids is 1. The number of likely N-dealkylation sites (tertiary alicyclic amines) is 1. The molecule has 1 N–H and O–H groups in total. The molecule has 1 aromatic rings. The summed E-state index contributed by atoms with van der Waals surface area (Å²) in [6.07, 6.45) is 1.69. The molecule has 1 heterocycles. The van der Waals surface area contributed by atoms with Gasteiger partial charge in [-0.3, -0.25) is 0 Å². The maximum atomic E-state index is 12.8. The van der Waals surface area contributed by atoms with Gasteiger partial charge in [-0.2, -0.15) is 0 Å². The number of nitrogens with zero attached hydrogens (tertiary/aromatic N) is 1. The Kier molecular flexibility index (Phi) is 4.60. The number of rotatable bonds is 3. The Bertz CT molecular complexity index is 420. The van der Waals surface area contributed by atoms with E-state index in [0.29, 0.717) is 25.4 Å². The number of hydrogen-bond acceptors (Lipinski definition) is 2. The monoisotopic (exact) mass is 268 g/mol. The molecule has 0 atom stereocenters. The number of urea groups is 1. The van der Waals surface area contributed by atoms with Gasteiger partial charge in [0, 0.05) is 33.9 Å². The Hall–Kier alpha value is -1.78. The second-order valence-corrected chi connectivity index (χ2v) is 4.59. The summed E-state index contributed by atoms with van der Waals surface area (Å²) in [7, 11) is 0. The van der Waals surface area contributed by atoms with Crippen molar-refractivity contribution in [2.75, 3.05) is 19.6 Å². The number of hydrogen-bond donors (Lipinski definition) is 1. The first-order chi connectivity index (χ1) is 9.19. The lowest BCUT2D eigenvalue weighted by atomic mass is 10.1.